The number of hydrogen-bond donors (Lipinski definition) is 4. The smallest absolute Gasteiger partial charge is 0.251 e. The van der Waals surface area contributed by atoms with Gasteiger partial charge in [0.25, 0.3) is 5.91 Å². The highest BCUT2D eigenvalue weighted by Gasteiger charge is 2.08. The molecule has 204 valence electrons. The molecule has 4 N–H and O–H groups in total. The summed E-state index contributed by atoms with van der Waals surface area (Å²) in [5, 5.41) is 12.5. The summed E-state index contributed by atoms with van der Waals surface area (Å²) in [5.74, 6) is 2.08. The number of nitrogens with zero attached hydrogens (tertiary/aromatic N) is 3. The van der Waals surface area contributed by atoms with Gasteiger partial charge in [0, 0.05) is 31.2 Å². The number of amides is 1. The molecule has 0 saturated heterocycles. The second-order valence-electron chi connectivity index (χ2n) is 8.58. The summed E-state index contributed by atoms with van der Waals surface area (Å²) in [4.78, 5) is 25.3. The molecule has 0 atom stereocenters. The number of rotatable bonds is 17. The summed E-state index contributed by atoms with van der Waals surface area (Å²) in [7, 11) is 1.64. The van der Waals surface area contributed by atoms with Crippen molar-refractivity contribution in [3.63, 3.8) is 0 Å². The average Bonchev–Trinajstić information content (AvgIpc) is 2.93. The summed E-state index contributed by atoms with van der Waals surface area (Å²) in [6.45, 7) is 7.30. The molecule has 0 radical (unpaired) electrons. The molecule has 11 heteroatoms. The fraction of sp³-hybridized carbons (Fsp3) is 0.407. The summed E-state index contributed by atoms with van der Waals surface area (Å²) in [5.41, 5.74) is 1.68. The van der Waals surface area contributed by atoms with Gasteiger partial charge >= 0.3 is 0 Å². The number of anilines is 3. The summed E-state index contributed by atoms with van der Waals surface area (Å²) in [6.07, 6.45) is 0. The Kier molecular flexibility index (Phi) is 12.0. The Bertz CT molecular complexity index is 1120. The zero-order valence-electron chi connectivity index (χ0n) is 22.2. The number of aromatic nitrogens is 3. The molecule has 3 rings (SSSR count). The third-order valence-electron chi connectivity index (χ3n) is 5.11. The molecular weight excluding hydrogens is 486 g/mol. The largest absolute Gasteiger partial charge is 0.497 e. The van der Waals surface area contributed by atoms with Crippen LogP contribution in [0.15, 0.2) is 54.6 Å². The zero-order chi connectivity index (χ0) is 27.0. The van der Waals surface area contributed by atoms with Crippen LogP contribution in [0.5, 0.6) is 5.75 Å². The number of ether oxygens (including phenoxy) is 3. The number of nitrogens with one attached hydrogen (secondary N) is 4. The van der Waals surface area contributed by atoms with E-state index in [0.29, 0.717) is 69.5 Å². The van der Waals surface area contributed by atoms with Crippen LogP contribution in [0.4, 0.5) is 17.8 Å². The van der Waals surface area contributed by atoms with Crippen molar-refractivity contribution in [3.8, 4) is 5.75 Å². The van der Waals surface area contributed by atoms with E-state index in [1.165, 1.54) is 0 Å². The summed E-state index contributed by atoms with van der Waals surface area (Å²) in [6, 6.07) is 17.1. The van der Waals surface area contributed by atoms with Crippen LogP contribution >= 0.6 is 0 Å². The van der Waals surface area contributed by atoms with Crippen molar-refractivity contribution < 1.29 is 19.0 Å². The standard InChI is InChI=1S/C27H37N7O4/c1-20(2)31-27-33-25(32-26(34-27)30-19-21-8-7-11-23(18-21)36-3)29-13-15-38-17-16-37-14-12-28-24(35)22-9-5-4-6-10-22/h4-11,18,20H,12-17,19H2,1-3H3,(H,28,35)(H3,29,30,31,32,33,34). The molecule has 0 aliphatic rings. The van der Waals surface area contributed by atoms with E-state index in [-0.39, 0.29) is 11.9 Å². The minimum absolute atomic E-state index is 0.111. The normalized spacial score (nSPS) is 10.7. The van der Waals surface area contributed by atoms with Gasteiger partial charge in [0.1, 0.15) is 5.75 Å². The van der Waals surface area contributed by atoms with E-state index in [1.807, 2.05) is 56.3 Å². The Hall–Kier alpha value is -3.96. The lowest BCUT2D eigenvalue weighted by atomic mass is 10.2. The average molecular weight is 524 g/mol. The molecule has 3 aromatic rings. The Morgan fingerprint density at radius 1 is 0.816 bits per heavy atom. The van der Waals surface area contributed by atoms with Gasteiger partial charge in [-0.3, -0.25) is 4.79 Å². The molecule has 1 heterocycles. The van der Waals surface area contributed by atoms with E-state index in [4.69, 9.17) is 14.2 Å². The molecule has 0 spiro atoms. The Morgan fingerprint density at radius 2 is 1.50 bits per heavy atom. The topological polar surface area (TPSA) is 132 Å². The Balaban J connectivity index is 1.34. The molecule has 0 aliphatic carbocycles. The van der Waals surface area contributed by atoms with Crippen LogP contribution in [0.3, 0.4) is 0 Å². The number of carbonyl (C=O) groups excluding carboxylic acids is 1. The van der Waals surface area contributed by atoms with Crippen molar-refractivity contribution >= 4 is 23.8 Å². The number of methoxy groups -OCH3 is 1. The molecule has 38 heavy (non-hydrogen) atoms. The van der Waals surface area contributed by atoms with Gasteiger partial charge in [-0.15, -0.1) is 0 Å². The van der Waals surface area contributed by atoms with Crippen LogP contribution in [-0.4, -0.2) is 73.5 Å². The highest BCUT2D eigenvalue weighted by Crippen LogP contribution is 2.15. The molecule has 0 saturated carbocycles. The first-order chi connectivity index (χ1) is 18.5. The minimum Gasteiger partial charge on any atom is -0.497 e. The van der Waals surface area contributed by atoms with E-state index in [2.05, 4.69) is 36.2 Å². The predicted molar refractivity (Wildman–Crippen MR) is 148 cm³/mol. The van der Waals surface area contributed by atoms with Crippen LogP contribution in [0.2, 0.25) is 0 Å². The molecule has 2 aromatic carbocycles. The second kappa shape index (κ2) is 16.0. The van der Waals surface area contributed by atoms with E-state index in [1.54, 1.807) is 19.2 Å². The predicted octanol–water partition coefficient (Wildman–Crippen LogP) is 3.19. The van der Waals surface area contributed by atoms with Crippen molar-refractivity contribution in [1.82, 2.24) is 20.3 Å². The first-order valence-electron chi connectivity index (χ1n) is 12.7. The maximum absolute atomic E-state index is 12.0. The number of hydrogen-bond acceptors (Lipinski definition) is 10. The highest BCUT2D eigenvalue weighted by molar-refractivity contribution is 5.94. The van der Waals surface area contributed by atoms with Crippen LogP contribution in [0, 0.1) is 0 Å². The van der Waals surface area contributed by atoms with E-state index >= 15 is 0 Å². The fourth-order valence-corrected chi connectivity index (χ4v) is 3.31. The number of benzene rings is 2. The van der Waals surface area contributed by atoms with Crippen molar-refractivity contribution in [2.45, 2.75) is 26.4 Å². The van der Waals surface area contributed by atoms with Gasteiger partial charge in [0.15, 0.2) is 0 Å². The van der Waals surface area contributed by atoms with Crippen LogP contribution in [-0.2, 0) is 16.0 Å². The van der Waals surface area contributed by atoms with Crippen LogP contribution < -0.4 is 26.0 Å². The van der Waals surface area contributed by atoms with Gasteiger partial charge in [-0.1, -0.05) is 30.3 Å². The Labute approximate surface area is 223 Å². The molecule has 1 amide bonds. The third kappa shape index (κ3) is 10.6. The Morgan fingerprint density at radius 3 is 2.21 bits per heavy atom. The molecular formula is C27H37N7O4. The fourth-order valence-electron chi connectivity index (χ4n) is 3.31. The SMILES string of the molecule is COc1cccc(CNc2nc(NCCOCCOCCNC(=O)c3ccccc3)nc(NC(C)C)n2)c1. The van der Waals surface area contributed by atoms with E-state index < -0.39 is 0 Å². The monoisotopic (exact) mass is 523 g/mol. The molecule has 0 unspecified atom stereocenters. The molecule has 0 bridgehead atoms. The zero-order valence-corrected chi connectivity index (χ0v) is 22.2. The van der Waals surface area contributed by atoms with Gasteiger partial charge in [-0.2, -0.15) is 15.0 Å². The molecule has 0 aliphatic heterocycles. The lowest BCUT2D eigenvalue weighted by Gasteiger charge is -2.13. The van der Waals surface area contributed by atoms with Crippen molar-refractivity contribution in [3.05, 3.63) is 65.7 Å². The van der Waals surface area contributed by atoms with E-state index in [0.717, 1.165) is 11.3 Å². The summed E-state index contributed by atoms with van der Waals surface area (Å²) >= 11 is 0. The van der Waals surface area contributed by atoms with Gasteiger partial charge in [-0.25, -0.2) is 0 Å². The first-order valence-corrected chi connectivity index (χ1v) is 12.7. The summed E-state index contributed by atoms with van der Waals surface area (Å²) < 4.78 is 16.4. The maximum Gasteiger partial charge on any atom is 0.251 e. The van der Waals surface area contributed by atoms with Crippen molar-refractivity contribution in [1.29, 1.82) is 0 Å². The quantitative estimate of drug-likeness (QED) is 0.196. The van der Waals surface area contributed by atoms with Gasteiger partial charge < -0.3 is 35.5 Å². The molecule has 11 nitrogen and oxygen atoms in total. The first kappa shape index (κ1) is 28.6. The van der Waals surface area contributed by atoms with Gasteiger partial charge in [0.2, 0.25) is 17.8 Å². The van der Waals surface area contributed by atoms with Crippen LogP contribution in [0.1, 0.15) is 29.8 Å². The second-order valence-corrected chi connectivity index (χ2v) is 8.58. The van der Waals surface area contributed by atoms with Gasteiger partial charge in [-0.05, 0) is 43.7 Å². The lowest BCUT2D eigenvalue weighted by Crippen LogP contribution is -2.27. The maximum atomic E-state index is 12.0. The van der Waals surface area contributed by atoms with Crippen molar-refractivity contribution in [2.24, 2.45) is 0 Å². The van der Waals surface area contributed by atoms with Crippen LogP contribution in [0.25, 0.3) is 0 Å². The van der Waals surface area contributed by atoms with Crippen molar-refractivity contribution in [2.75, 3.05) is 62.6 Å². The minimum atomic E-state index is -0.111. The lowest BCUT2D eigenvalue weighted by molar-refractivity contribution is 0.0519. The number of carbonyl (C=O) groups is 1. The molecule has 0 fully saturated rings. The van der Waals surface area contributed by atoms with E-state index in [9.17, 15) is 4.79 Å². The highest BCUT2D eigenvalue weighted by atomic mass is 16.5. The van der Waals surface area contributed by atoms with Gasteiger partial charge in [0.05, 0.1) is 33.5 Å². The third-order valence-corrected chi connectivity index (χ3v) is 5.11. The molecule has 1 aromatic heterocycles.